The highest BCUT2D eigenvalue weighted by molar-refractivity contribution is 5.99. The van der Waals surface area contributed by atoms with E-state index in [9.17, 15) is 19.5 Å². The predicted octanol–water partition coefficient (Wildman–Crippen LogP) is 1.96. The summed E-state index contributed by atoms with van der Waals surface area (Å²) in [5, 5.41) is 9.50. The zero-order valence-corrected chi connectivity index (χ0v) is 20.0. The van der Waals surface area contributed by atoms with E-state index in [4.69, 9.17) is 9.47 Å². The van der Waals surface area contributed by atoms with Crippen molar-refractivity contribution >= 4 is 17.8 Å². The van der Waals surface area contributed by atoms with Crippen LogP contribution in [0.4, 0.5) is 0 Å². The van der Waals surface area contributed by atoms with Gasteiger partial charge in [-0.2, -0.15) is 0 Å². The normalized spacial score (nSPS) is 39.5. The maximum absolute atomic E-state index is 14.2. The van der Waals surface area contributed by atoms with E-state index in [1.165, 1.54) is 6.42 Å². The van der Waals surface area contributed by atoms with E-state index in [0.29, 0.717) is 19.6 Å². The summed E-state index contributed by atoms with van der Waals surface area (Å²) in [5.74, 6) is -2.50. The number of ether oxygens (including phenoxy) is 2. The maximum atomic E-state index is 14.2. The van der Waals surface area contributed by atoms with Crippen molar-refractivity contribution in [3.05, 3.63) is 24.3 Å². The number of hydrogen-bond donors (Lipinski definition) is 1. The molecular formula is C26H36N2O6. The van der Waals surface area contributed by atoms with Gasteiger partial charge in [0.1, 0.15) is 17.6 Å². The molecule has 1 unspecified atom stereocenters. The zero-order chi connectivity index (χ0) is 23.9. The number of amides is 2. The SMILES string of the molecule is C[C@@]12/C=C\CCCOC(=O)[C@@H]1[C@H]1C(=O)N(CCCO)C3C(=O)N(C4CCCCC4)CC=C[C@@]31O2. The van der Waals surface area contributed by atoms with Gasteiger partial charge in [-0.1, -0.05) is 43.6 Å². The van der Waals surface area contributed by atoms with Crippen molar-refractivity contribution in [3.8, 4) is 0 Å². The summed E-state index contributed by atoms with van der Waals surface area (Å²) in [6, 6.07) is -0.709. The number of fused-ring (bicyclic) bond motifs is 2. The molecule has 0 radical (unpaired) electrons. The smallest absolute Gasteiger partial charge is 0.313 e. The van der Waals surface area contributed by atoms with E-state index in [1.54, 1.807) is 4.90 Å². The fourth-order valence-electron chi connectivity index (χ4n) is 6.85. The molecule has 1 N–H and O–H groups in total. The van der Waals surface area contributed by atoms with E-state index < -0.39 is 35.0 Å². The number of aliphatic hydroxyl groups is 1. The molecule has 0 aromatic heterocycles. The second-order valence-electron chi connectivity index (χ2n) is 10.5. The van der Waals surface area contributed by atoms with Crippen LogP contribution in [0.1, 0.15) is 58.3 Å². The van der Waals surface area contributed by atoms with Gasteiger partial charge in [0.2, 0.25) is 11.8 Å². The Labute approximate surface area is 200 Å². The fourth-order valence-corrected chi connectivity index (χ4v) is 6.85. The lowest BCUT2D eigenvalue weighted by molar-refractivity contribution is -0.160. The van der Waals surface area contributed by atoms with Crippen LogP contribution in [0.5, 0.6) is 0 Å². The summed E-state index contributed by atoms with van der Waals surface area (Å²) in [5.41, 5.74) is -2.29. The number of esters is 1. The van der Waals surface area contributed by atoms with Gasteiger partial charge in [-0.3, -0.25) is 14.4 Å². The van der Waals surface area contributed by atoms with Gasteiger partial charge in [0.15, 0.2) is 0 Å². The third-order valence-electron chi connectivity index (χ3n) is 8.35. The van der Waals surface area contributed by atoms with Crippen molar-refractivity contribution in [3.63, 3.8) is 0 Å². The Morgan fingerprint density at radius 2 is 1.82 bits per heavy atom. The van der Waals surface area contributed by atoms with Gasteiger partial charge in [0.05, 0.1) is 18.1 Å². The third kappa shape index (κ3) is 3.61. The van der Waals surface area contributed by atoms with E-state index in [0.717, 1.165) is 38.5 Å². The number of cyclic esters (lactones) is 1. The quantitative estimate of drug-likeness (QED) is 0.496. The second kappa shape index (κ2) is 9.11. The Hall–Kier alpha value is -2.19. The number of nitrogens with zero attached hydrogens (tertiary/aromatic N) is 2. The highest BCUT2D eigenvalue weighted by atomic mass is 16.6. The summed E-state index contributed by atoms with van der Waals surface area (Å²) >= 11 is 0. The van der Waals surface area contributed by atoms with Crippen LogP contribution in [0.2, 0.25) is 0 Å². The molecule has 4 heterocycles. The summed E-state index contributed by atoms with van der Waals surface area (Å²) in [4.78, 5) is 44.9. The molecule has 3 fully saturated rings. The van der Waals surface area contributed by atoms with Crippen molar-refractivity contribution < 1.29 is 29.0 Å². The monoisotopic (exact) mass is 472 g/mol. The average Bonchev–Trinajstić information content (AvgIpc) is 3.17. The molecule has 1 aliphatic carbocycles. The molecule has 1 saturated carbocycles. The molecule has 8 nitrogen and oxygen atoms in total. The van der Waals surface area contributed by atoms with Crippen molar-refractivity contribution in [1.29, 1.82) is 0 Å². The molecule has 1 spiro atoms. The molecule has 2 amide bonds. The molecule has 34 heavy (non-hydrogen) atoms. The van der Waals surface area contributed by atoms with E-state index in [1.807, 2.05) is 36.1 Å². The van der Waals surface area contributed by atoms with Crippen molar-refractivity contribution in [1.82, 2.24) is 9.80 Å². The van der Waals surface area contributed by atoms with Crippen LogP contribution in [-0.2, 0) is 23.9 Å². The number of carbonyl (C=O) groups is 3. The minimum Gasteiger partial charge on any atom is -0.465 e. The Bertz CT molecular complexity index is 896. The van der Waals surface area contributed by atoms with Crippen molar-refractivity contribution in [2.75, 3.05) is 26.3 Å². The fraction of sp³-hybridized carbons (Fsp3) is 0.731. The van der Waals surface area contributed by atoms with Gasteiger partial charge >= 0.3 is 5.97 Å². The lowest BCUT2D eigenvalue weighted by Crippen LogP contribution is -2.57. The molecule has 5 atom stereocenters. The molecule has 8 heteroatoms. The van der Waals surface area contributed by atoms with Gasteiger partial charge in [-0.25, -0.2) is 0 Å². The number of allylic oxidation sites excluding steroid dienone is 1. The first-order valence-electron chi connectivity index (χ1n) is 12.9. The number of aliphatic hydroxyl groups excluding tert-OH is 1. The molecular weight excluding hydrogens is 436 g/mol. The third-order valence-corrected chi connectivity index (χ3v) is 8.35. The van der Waals surface area contributed by atoms with Crippen LogP contribution in [0, 0.1) is 11.8 Å². The molecule has 2 saturated heterocycles. The van der Waals surface area contributed by atoms with Crippen LogP contribution >= 0.6 is 0 Å². The lowest BCUT2D eigenvalue weighted by Gasteiger charge is -2.40. The highest BCUT2D eigenvalue weighted by Gasteiger charge is 2.74. The summed E-state index contributed by atoms with van der Waals surface area (Å²) < 4.78 is 12.3. The first-order chi connectivity index (χ1) is 16.4. The van der Waals surface area contributed by atoms with Crippen LogP contribution in [-0.4, -0.2) is 82.3 Å². The minimum atomic E-state index is -1.24. The predicted molar refractivity (Wildman–Crippen MR) is 123 cm³/mol. The van der Waals surface area contributed by atoms with Crippen LogP contribution in [0.15, 0.2) is 24.3 Å². The Morgan fingerprint density at radius 1 is 1.03 bits per heavy atom. The number of carbonyl (C=O) groups excluding carboxylic acids is 3. The summed E-state index contributed by atoms with van der Waals surface area (Å²) in [6.45, 7) is 2.76. The molecule has 186 valence electrons. The first-order valence-corrected chi connectivity index (χ1v) is 12.9. The summed E-state index contributed by atoms with van der Waals surface area (Å²) in [6.07, 6.45) is 14.8. The molecule has 4 aliphatic heterocycles. The van der Waals surface area contributed by atoms with E-state index >= 15 is 0 Å². The van der Waals surface area contributed by atoms with E-state index in [-0.39, 0.29) is 31.0 Å². The van der Waals surface area contributed by atoms with Gasteiger partial charge in [-0.05, 0) is 39.0 Å². The Kier molecular flexibility index (Phi) is 6.31. The van der Waals surface area contributed by atoms with Gasteiger partial charge in [0.25, 0.3) is 0 Å². The van der Waals surface area contributed by atoms with Crippen LogP contribution in [0.25, 0.3) is 0 Å². The van der Waals surface area contributed by atoms with Gasteiger partial charge in [-0.15, -0.1) is 0 Å². The topological polar surface area (TPSA) is 96.4 Å². The Morgan fingerprint density at radius 3 is 2.59 bits per heavy atom. The van der Waals surface area contributed by atoms with E-state index in [2.05, 4.69) is 0 Å². The van der Waals surface area contributed by atoms with Crippen LogP contribution in [0.3, 0.4) is 0 Å². The lowest BCUT2D eigenvalue weighted by atomic mass is 9.74. The first kappa shape index (κ1) is 23.5. The summed E-state index contributed by atoms with van der Waals surface area (Å²) in [7, 11) is 0. The molecule has 0 aromatic carbocycles. The maximum Gasteiger partial charge on any atom is 0.313 e. The second-order valence-corrected chi connectivity index (χ2v) is 10.5. The molecule has 5 rings (SSSR count). The van der Waals surface area contributed by atoms with Crippen LogP contribution < -0.4 is 0 Å². The molecule has 5 aliphatic rings. The average molecular weight is 473 g/mol. The highest BCUT2D eigenvalue weighted by Crippen LogP contribution is 2.57. The van der Waals surface area contributed by atoms with Gasteiger partial charge < -0.3 is 24.4 Å². The Balaban J connectivity index is 1.59. The number of likely N-dealkylation sites (tertiary alicyclic amines) is 1. The standard InChI is InChI=1S/C26H36N2O6/c1-25-12-6-3-7-17-33-24(32)20(25)19-22(30)28(15-9-16-29)21-23(31)27(18-10-4-2-5-11-18)14-8-13-26(19,21)34-25/h6,8,12-13,18-21,29H,2-5,7,9-11,14-17H2,1H3/b12-6-/t19-,20-,21?,25+,26-/m0/s1. The molecule has 0 aromatic rings. The largest absolute Gasteiger partial charge is 0.465 e. The van der Waals surface area contributed by atoms with Crippen molar-refractivity contribution in [2.24, 2.45) is 11.8 Å². The molecule has 0 bridgehead atoms. The minimum absolute atomic E-state index is 0.0860. The van der Waals surface area contributed by atoms with Gasteiger partial charge in [0, 0.05) is 25.7 Å². The number of rotatable bonds is 4. The van der Waals surface area contributed by atoms with Crippen molar-refractivity contribution in [2.45, 2.75) is 81.6 Å². The zero-order valence-electron chi connectivity index (χ0n) is 20.0. The number of hydrogen-bond acceptors (Lipinski definition) is 6.